The molecule has 0 spiro atoms. The SMILES string of the molecule is CN(C)c1ccc(N2C(=S)N[C@H](c3ccccn3)[C@H]2c2cccn2Cc2ccccn2)cc1. The number of aromatic nitrogens is 3. The van der Waals surface area contributed by atoms with Crippen molar-refractivity contribution in [3.8, 4) is 0 Å². The molecular formula is C26H26N6S. The summed E-state index contributed by atoms with van der Waals surface area (Å²) in [7, 11) is 4.09. The lowest BCUT2D eigenvalue weighted by Gasteiger charge is -2.29. The van der Waals surface area contributed by atoms with Crippen LogP contribution in [0.5, 0.6) is 0 Å². The quantitative estimate of drug-likeness (QED) is 0.431. The van der Waals surface area contributed by atoms with Gasteiger partial charge in [-0.3, -0.25) is 9.97 Å². The minimum Gasteiger partial charge on any atom is -0.378 e. The van der Waals surface area contributed by atoms with Gasteiger partial charge in [-0.05, 0) is 72.9 Å². The highest BCUT2D eigenvalue weighted by Crippen LogP contribution is 2.42. The van der Waals surface area contributed by atoms with Crippen LogP contribution in [0.15, 0.2) is 91.4 Å². The van der Waals surface area contributed by atoms with Crippen LogP contribution in [0.25, 0.3) is 0 Å². The van der Waals surface area contributed by atoms with E-state index in [1.807, 2.05) is 50.8 Å². The molecule has 166 valence electrons. The first-order chi connectivity index (χ1) is 16.1. The van der Waals surface area contributed by atoms with Crippen molar-refractivity contribution < 1.29 is 0 Å². The fraction of sp³-hybridized carbons (Fsp3) is 0.192. The second-order valence-electron chi connectivity index (χ2n) is 8.29. The Labute approximate surface area is 199 Å². The van der Waals surface area contributed by atoms with Gasteiger partial charge in [0.15, 0.2) is 5.11 Å². The van der Waals surface area contributed by atoms with Crippen molar-refractivity contribution in [2.45, 2.75) is 18.6 Å². The molecule has 0 radical (unpaired) electrons. The van der Waals surface area contributed by atoms with Crippen LogP contribution in [0.3, 0.4) is 0 Å². The molecule has 1 aromatic carbocycles. The normalized spacial score (nSPS) is 17.8. The number of hydrogen-bond donors (Lipinski definition) is 1. The summed E-state index contributed by atoms with van der Waals surface area (Å²) < 4.78 is 2.25. The number of pyridine rings is 2. The van der Waals surface area contributed by atoms with Crippen molar-refractivity contribution in [1.82, 2.24) is 19.9 Å². The maximum absolute atomic E-state index is 5.86. The third kappa shape index (κ3) is 4.19. The van der Waals surface area contributed by atoms with Crippen LogP contribution in [0.1, 0.15) is 29.2 Å². The lowest BCUT2D eigenvalue weighted by molar-refractivity contribution is 0.532. The first kappa shape index (κ1) is 21.2. The van der Waals surface area contributed by atoms with Crippen LogP contribution in [-0.2, 0) is 6.54 Å². The molecule has 7 heteroatoms. The highest BCUT2D eigenvalue weighted by atomic mass is 32.1. The molecule has 5 rings (SSSR count). The first-order valence-corrected chi connectivity index (χ1v) is 11.4. The predicted octanol–water partition coefficient (Wildman–Crippen LogP) is 4.57. The van der Waals surface area contributed by atoms with Gasteiger partial charge < -0.3 is 19.7 Å². The Morgan fingerprint density at radius 1 is 0.909 bits per heavy atom. The van der Waals surface area contributed by atoms with Crippen LogP contribution in [-0.4, -0.2) is 33.7 Å². The second kappa shape index (κ2) is 9.03. The van der Waals surface area contributed by atoms with Gasteiger partial charge in [0.25, 0.3) is 0 Å². The number of nitrogens with one attached hydrogen (secondary N) is 1. The van der Waals surface area contributed by atoms with Gasteiger partial charge in [-0.2, -0.15) is 0 Å². The van der Waals surface area contributed by atoms with E-state index in [0.29, 0.717) is 11.7 Å². The predicted molar refractivity (Wildman–Crippen MR) is 136 cm³/mol. The largest absolute Gasteiger partial charge is 0.378 e. The summed E-state index contributed by atoms with van der Waals surface area (Å²) in [5.74, 6) is 0. The maximum Gasteiger partial charge on any atom is 0.174 e. The van der Waals surface area contributed by atoms with E-state index >= 15 is 0 Å². The summed E-state index contributed by atoms with van der Waals surface area (Å²) in [4.78, 5) is 13.5. The molecule has 1 fully saturated rings. The number of anilines is 2. The third-order valence-electron chi connectivity index (χ3n) is 5.97. The van der Waals surface area contributed by atoms with E-state index in [-0.39, 0.29) is 12.1 Å². The Bertz CT molecular complexity index is 1220. The van der Waals surface area contributed by atoms with Crippen LogP contribution in [0.2, 0.25) is 0 Å². The highest BCUT2D eigenvalue weighted by molar-refractivity contribution is 7.80. The molecule has 1 N–H and O–H groups in total. The summed E-state index contributed by atoms with van der Waals surface area (Å²) >= 11 is 5.86. The standard InChI is InChI=1S/C26H26N6S/c1-30(2)20-11-13-21(14-12-20)32-25(24(29-26(32)33)22-9-4-6-16-28-22)23-10-7-17-31(23)18-19-8-3-5-15-27-19/h3-17,24-25H,18H2,1-2H3,(H,29,33)/t24-,25-/m1/s1. The van der Waals surface area contributed by atoms with E-state index < -0.39 is 0 Å². The lowest BCUT2D eigenvalue weighted by Crippen LogP contribution is -2.30. The highest BCUT2D eigenvalue weighted by Gasteiger charge is 2.42. The van der Waals surface area contributed by atoms with E-state index in [9.17, 15) is 0 Å². The van der Waals surface area contributed by atoms with E-state index in [1.165, 1.54) is 0 Å². The molecule has 1 aliphatic rings. The van der Waals surface area contributed by atoms with Gasteiger partial charge in [0.1, 0.15) is 6.04 Å². The van der Waals surface area contributed by atoms with Gasteiger partial charge in [0, 0.05) is 49.8 Å². The molecular weight excluding hydrogens is 428 g/mol. The average molecular weight is 455 g/mol. The molecule has 2 atom stereocenters. The average Bonchev–Trinajstić information content (AvgIpc) is 3.44. The maximum atomic E-state index is 5.86. The molecule has 0 bridgehead atoms. The van der Waals surface area contributed by atoms with Gasteiger partial charge in [-0.1, -0.05) is 12.1 Å². The van der Waals surface area contributed by atoms with E-state index in [0.717, 1.165) is 28.5 Å². The molecule has 0 aliphatic carbocycles. The van der Waals surface area contributed by atoms with Gasteiger partial charge >= 0.3 is 0 Å². The summed E-state index contributed by atoms with van der Waals surface area (Å²) in [6.45, 7) is 0.689. The Hall–Kier alpha value is -3.71. The number of rotatable bonds is 6. The van der Waals surface area contributed by atoms with Crippen LogP contribution >= 0.6 is 12.2 Å². The molecule has 4 heterocycles. The summed E-state index contributed by atoms with van der Waals surface area (Å²) in [6.07, 6.45) is 5.77. The zero-order chi connectivity index (χ0) is 22.8. The Morgan fingerprint density at radius 3 is 2.33 bits per heavy atom. The van der Waals surface area contributed by atoms with Gasteiger partial charge in [0.05, 0.1) is 24.0 Å². The fourth-order valence-electron chi connectivity index (χ4n) is 4.35. The third-order valence-corrected chi connectivity index (χ3v) is 6.28. The molecule has 6 nitrogen and oxygen atoms in total. The zero-order valence-electron chi connectivity index (χ0n) is 18.7. The van der Waals surface area contributed by atoms with Crippen LogP contribution < -0.4 is 15.1 Å². The van der Waals surface area contributed by atoms with Gasteiger partial charge in [-0.15, -0.1) is 0 Å². The number of benzene rings is 1. The molecule has 0 amide bonds. The molecule has 0 unspecified atom stereocenters. The zero-order valence-corrected chi connectivity index (χ0v) is 19.5. The summed E-state index contributed by atoms with van der Waals surface area (Å²) in [5.41, 5.74) is 5.32. The Balaban J connectivity index is 1.58. The van der Waals surface area contributed by atoms with Gasteiger partial charge in [0.2, 0.25) is 0 Å². The molecule has 4 aromatic rings. The molecule has 3 aromatic heterocycles. The molecule has 1 aliphatic heterocycles. The molecule has 33 heavy (non-hydrogen) atoms. The number of hydrogen-bond acceptors (Lipinski definition) is 4. The van der Waals surface area contributed by atoms with Crippen LogP contribution in [0.4, 0.5) is 11.4 Å². The van der Waals surface area contributed by atoms with Crippen molar-refractivity contribution in [3.63, 3.8) is 0 Å². The summed E-state index contributed by atoms with van der Waals surface area (Å²) in [6, 6.07) is 24.6. The van der Waals surface area contributed by atoms with Crippen molar-refractivity contribution >= 4 is 28.7 Å². The van der Waals surface area contributed by atoms with Crippen molar-refractivity contribution in [2.24, 2.45) is 0 Å². The second-order valence-corrected chi connectivity index (χ2v) is 8.68. The smallest absolute Gasteiger partial charge is 0.174 e. The molecule has 0 saturated carbocycles. The Kier molecular flexibility index (Phi) is 5.79. The number of nitrogens with zero attached hydrogens (tertiary/aromatic N) is 5. The van der Waals surface area contributed by atoms with Crippen molar-refractivity contribution in [2.75, 3.05) is 23.9 Å². The minimum atomic E-state index is -0.0791. The van der Waals surface area contributed by atoms with E-state index in [2.05, 4.69) is 84.4 Å². The van der Waals surface area contributed by atoms with Crippen molar-refractivity contribution in [1.29, 1.82) is 0 Å². The fourth-order valence-corrected chi connectivity index (χ4v) is 4.70. The summed E-state index contributed by atoms with van der Waals surface area (Å²) in [5, 5.41) is 4.23. The van der Waals surface area contributed by atoms with E-state index in [4.69, 9.17) is 12.2 Å². The lowest BCUT2D eigenvalue weighted by atomic mass is 10.0. The Morgan fingerprint density at radius 2 is 1.67 bits per heavy atom. The van der Waals surface area contributed by atoms with E-state index in [1.54, 1.807) is 0 Å². The number of thiocarbonyl (C=S) groups is 1. The van der Waals surface area contributed by atoms with Crippen molar-refractivity contribution in [3.05, 3.63) is 108 Å². The van der Waals surface area contributed by atoms with Gasteiger partial charge in [-0.25, -0.2) is 0 Å². The monoisotopic (exact) mass is 454 g/mol. The first-order valence-electron chi connectivity index (χ1n) is 10.9. The topological polar surface area (TPSA) is 49.2 Å². The molecule has 1 saturated heterocycles. The minimum absolute atomic E-state index is 0.0590. The van der Waals surface area contributed by atoms with Crippen LogP contribution in [0, 0.1) is 0 Å².